The van der Waals surface area contributed by atoms with Gasteiger partial charge in [-0.2, -0.15) is 0 Å². The first-order valence-electron chi connectivity index (χ1n) is 6.98. The molecule has 0 radical (unpaired) electrons. The predicted octanol–water partition coefficient (Wildman–Crippen LogP) is 0.229. The summed E-state index contributed by atoms with van der Waals surface area (Å²) in [7, 11) is 1.60. The van der Waals surface area contributed by atoms with Crippen molar-refractivity contribution in [1.82, 2.24) is 14.5 Å². The molecule has 2 aromatic rings. The average molecular weight is 337 g/mol. The van der Waals surface area contributed by atoms with Crippen LogP contribution in [0.1, 0.15) is 15.2 Å². The van der Waals surface area contributed by atoms with Gasteiger partial charge in [0.15, 0.2) is 6.10 Å². The largest absolute Gasteiger partial charge is 0.479 e. The third-order valence-corrected chi connectivity index (χ3v) is 5.02. The van der Waals surface area contributed by atoms with E-state index in [1.807, 2.05) is 0 Å². The number of amides is 1. The molecule has 1 fully saturated rings. The first kappa shape index (κ1) is 15.6. The summed E-state index contributed by atoms with van der Waals surface area (Å²) in [6, 6.07) is 0. The second-order valence-corrected chi connectivity index (χ2v) is 6.34. The maximum atomic E-state index is 12.7. The number of carboxylic acid groups (broad SMARTS) is 1. The lowest BCUT2D eigenvalue weighted by molar-refractivity contribution is -0.154. The van der Waals surface area contributed by atoms with E-state index in [2.05, 4.69) is 4.98 Å². The molecule has 122 valence electrons. The Hall–Kier alpha value is -2.26. The Morgan fingerprint density at radius 2 is 2.22 bits per heavy atom. The van der Waals surface area contributed by atoms with Crippen molar-refractivity contribution in [1.29, 1.82) is 0 Å². The lowest BCUT2D eigenvalue weighted by Crippen LogP contribution is -2.48. The number of fused-ring (bicyclic) bond motifs is 1. The topological polar surface area (TPSA) is 102 Å². The highest BCUT2D eigenvalue weighted by atomic mass is 32.1. The van der Waals surface area contributed by atoms with Crippen molar-refractivity contribution in [2.24, 2.45) is 7.05 Å². The summed E-state index contributed by atoms with van der Waals surface area (Å²) >= 11 is 1.15. The molecule has 1 aliphatic heterocycles. The summed E-state index contributed by atoms with van der Waals surface area (Å²) in [5, 5.41) is 9.47. The Kier molecular flexibility index (Phi) is 3.90. The van der Waals surface area contributed by atoms with Gasteiger partial charge in [-0.3, -0.25) is 9.59 Å². The molecule has 3 heterocycles. The number of carboxylic acids is 1. The van der Waals surface area contributed by atoms with Crippen LogP contribution in [0.15, 0.2) is 11.1 Å². The highest BCUT2D eigenvalue weighted by molar-refractivity contribution is 7.20. The van der Waals surface area contributed by atoms with Gasteiger partial charge in [0.1, 0.15) is 4.83 Å². The lowest BCUT2D eigenvalue weighted by atomic mass is 10.2. The van der Waals surface area contributed by atoms with E-state index in [1.165, 1.54) is 15.8 Å². The predicted molar refractivity (Wildman–Crippen MR) is 82.9 cm³/mol. The van der Waals surface area contributed by atoms with E-state index in [0.717, 1.165) is 11.3 Å². The van der Waals surface area contributed by atoms with Gasteiger partial charge in [-0.05, 0) is 12.5 Å². The van der Waals surface area contributed by atoms with Gasteiger partial charge in [0.25, 0.3) is 11.5 Å². The van der Waals surface area contributed by atoms with E-state index in [0.29, 0.717) is 27.2 Å². The minimum Gasteiger partial charge on any atom is -0.479 e. The van der Waals surface area contributed by atoms with Gasteiger partial charge in [-0.15, -0.1) is 11.3 Å². The molecular weight excluding hydrogens is 322 g/mol. The van der Waals surface area contributed by atoms with E-state index in [4.69, 9.17) is 9.84 Å². The second kappa shape index (κ2) is 5.74. The van der Waals surface area contributed by atoms with Crippen LogP contribution in [0.25, 0.3) is 10.2 Å². The first-order valence-corrected chi connectivity index (χ1v) is 7.80. The Morgan fingerprint density at radius 3 is 2.91 bits per heavy atom. The third-order valence-electron chi connectivity index (χ3n) is 3.83. The standard InChI is InChI=1S/C14H15N3O5S/c1-7-9-11(15-6-16(2)12(9)18)23-10(7)13(19)17-3-4-22-8(5-17)14(20)21/h6,8H,3-5H2,1-2H3,(H,20,21)/t8-/m1/s1. The number of carbonyl (C=O) groups excluding carboxylic acids is 1. The van der Waals surface area contributed by atoms with Gasteiger partial charge in [-0.25, -0.2) is 9.78 Å². The zero-order valence-electron chi connectivity index (χ0n) is 12.6. The fourth-order valence-electron chi connectivity index (χ4n) is 2.54. The molecule has 8 nitrogen and oxygen atoms in total. The van der Waals surface area contributed by atoms with Crippen LogP contribution in [-0.4, -0.2) is 57.2 Å². The summed E-state index contributed by atoms with van der Waals surface area (Å²) < 4.78 is 6.49. The molecule has 0 bridgehead atoms. The van der Waals surface area contributed by atoms with E-state index >= 15 is 0 Å². The fraction of sp³-hybridized carbons (Fsp3) is 0.429. The summed E-state index contributed by atoms with van der Waals surface area (Å²) in [6.07, 6.45) is 0.401. The molecule has 1 amide bonds. The van der Waals surface area contributed by atoms with E-state index < -0.39 is 12.1 Å². The van der Waals surface area contributed by atoms with E-state index in [9.17, 15) is 14.4 Å². The molecule has 1 aliphatic rings. The van der Waals surface area contributed by atoms with Crippen molar-refractivity contribution in [3.8, 4) is 0 Å². The molecule has 3 rings (SSSR count). The Morgan fingerprint density at radius 1 is 1.48 bits per heavy atom. The van der Waals surface area contributed by atoms with Crippen LogP contribution in [-0.2, 0) is 16.6 Å². The van der Waals surface area contributed by atoms with Crippen molar-refractivity contribution in [2.45, 2.75) is 13.0 Å². The number of rotatable bonds is 2. The van der Waals surface area contributed by atoms with Crippen LogP contribution in [0.5, 0.6) is 0 Å². The smallest absolute Gasteiger partial charge is 0.334 e. The molecule has 23 heavy (non-hydrogen) atoms. The Labute approximate surface area is 134 Å². The molecular formula is C14H15N3O5S. The zero-order chi connectivity index (χ0) is 16.7. The molecule has 0 aromatic carbocycles. The van der Waals surface area contributed by atoms with Crippen LogP contribution >= 0.6 is 11.3 Å². The van der Waals surface area contributed by atoms with Crippen LogP contribution in [0.2, 0.25) is 0 Å². The maximum absolute atomic E-state index is 12.7. The second-order valence-electron chi connectivity index (χ2n) is 5.35. The molecule has 0 unspecified atom stereocenters. The van der Waals surface area contributed by atoms with Crippen molar-refractivity contribution in [3.63, 3.8) is 0 Å². The number of thiophene rings is 1. The fourth-order valence-corrected chi connectivity index (χ4v) is 3.65. The quantitative estimate of drug-likeness (QED) is 0.842. The van der Waals surface area contributed by atoms with Crippen molar-refractivity contribution in [2.75, 3.05) is 19.7 Å². The monoisotopic (exact) mass is 337 g/mol. The van der Waals surface area contributed by atoms with Crippen LogP contribution in [0.3, 0.4) is 0 Å². The molecule has 9 heteroatoms. The summed E-state index contributed by atoms with van der Waals surface area (Å²) in [5.41, 5.74) is 0.384. The molecule has 2 aromatic heterocycles. The van der Waals surface area contributed by atoms with Crippen molar-refractivity contribution in [3.05, 3.63) is 27.1 Å². The molecule has 0 aliphatic carbocycles. The van der Waals surface area contributed by atoms with Gasteiger partial charge >= 0.3 is 5.97 Å². The maximum Gasteiger partial charge on any atom is 0.334 e. The minimum atomic E-state index is -1.09. The lowest BCUT2D eigenvalue weighted by Gasteiger charge is -2.30. The van der Waals surface area contributed by atoms with Gasteiger partial charge in [0, 0.05) is 13.6 Å². The summed E-state index contributed by atoms with van der Waals surface area (Å²) in [6.45, 7) is 2.20. The zero-order valence-corrected chi connectivity index (χ0v) is 13.4. The third kappa shape index (κ3) is 2.62. The Balaban J connectivity index is 1.98. The normalized spacial score (nSPS) is 18.3. The van der Waals surface area contributed by atoms with Gasteiger partial charge in [0.2, 0.25) is 0 Å². The molecule has 0 spiro atoms. The molecule has 1 saturated heterocycles. The van der Waals surface area contributed by atoms with Crippen LogP contribution in [0.4, 0.5) is 0 Å². The highest BCUT2D eigenvalue weighted by Crippen LogP contribution is 2.28. The average Bonchev–Trinajstić information content (AvgIpc) is 2.88. The van der Waals surface area contributed by atoms with E-state index in [-0.39, 0.29) is 24.6 Å². The highest BCUT2D eigenvalue weighted by Gasteiger charge is 2.31. The number of hydrogen-bond acceptors (Lipinski definition) is 6. The SMILES string of the molecule is Cc1c(C(=O)N2CCO[C@@H](C(=O)O)C2)sc2ncn(C)c(=O)c12. The molecule has 1 N–H and O–H groups in total. The summed E-state index contributed by atoms with van der Waals surface area (Å²) in [4.78, 5) is 42.5. The van der Waals surface area contributed by atoms with E-state index in [1.54, 1.807) is 14.0 Å². The van der Waals surface area contributed by atoms with Crippen LogP contribution < -0.4 is 5.56 Å². The number of morpholine rings is 1. The van der Waals surface area contributed by atoms with Crippen molar-refractivity contribution >= 4 is 33.4 Å². The Bertz CT molecular complexity index is 856. The van der Waals surface area contributed by atoms with Gasteiger partial charge in [0.05, 0.1) is 29.7 Å². The molecule has 0 saturated carbocycles. The number of aromatic nitrogens is 2. The minimum absolute atomic E-state index is 0.00666. The number of carbonyl (C=O) groups is 2. The molecule has 1 atom stereocenters. The summed E-state index contributed by atoms with van der Waals surface area (Å²) in [5.74, 6) is -1.38. The number of hydrogen-bond donors (Lipinski definition) is 1. The van der Waals surface area contributed by atoms with Crippen molar-refractivity contribution < 1.29 is 19.4 Å². The number of ether oxygens (including phenoxy) is 1. The van der Waals surface area contributed by atoms with Gasteiger partial charge < -0.3 is 19.3 Å². The van der Waals surface area contributed by atoms with Gasteiger partial charge in [-0.1, -0.05) is 0 Å². The van der Waals surface area contributed by atoms with Crippen LogP contribution in [0, 0.1) is 6.92 Å². The first-order chi connectivity index (χ1) is 10.9. The number of nitrogens with zero attached hydrogens (tertiary/aromatic N) is 3. The number of aliphatic carboxylic acids is 1. The number of aryl methyl sites for hydroxylation is 2.